The molecule has 0 amide bonds. The maximum absolute atomic E-state index is 3.73. The van der Waals surface area contributed by atoms with Gasteiger partial charge in [-0.25, -0.2) is 0 Å². The van der Waals surface area contributed by atoms with Crippen molar-refractivity contribution in [3.05, 3.63) is 109 Å². The predicted molar refractivity (Wildman–Crippen MR) is 107 cm³/mol. The summed E-state index contributed by atoms with van der Waals surface area (Å²) in [5.41, 5.74) is 2.71. The summed E-state index contributed by atoms with van der Waals surface area (Å²) in [4.78, 5) is 0. The first-order valence-electron chi connectivity index (χ1n) is 8.30. The quantitative estimate of drug-likeness (QED) is 0.253. The third-order valence-electron chi connectivity index (χ3n) is 4.12. The van der Waals surface area contributed by atoms with Crippen molar-refractivity contribution in [2.24, 2.45) is 0 Å². The Balaban J connectivity index is 0.000000451. The summed E-state index contributed by atoms with van der Waals surface area (Å²) >= 11 is 0. The minimum absolute atomic E-state index is 0. The standard InChI is InChI=1S/2C12H11.2ClH.Ti/c2*1-2-5-10-8-11-6-3-4-7-12(11)9-10;;;/h2*2-4,6-9H,1,5H2;2*1H;/q2*-1;;;+4/p-2. The van der Waals surface area contributed by atoms with Crippen LogP contribution in [-0.4, -0.2) is 0 Å². The molecular formula is C24H22Cl2Ti. The second kappa shape index (κ2) is 12.8. The Morgan fingerprint density at radius 3 is 1.37 bits per heavy atom. The van der Waals surface area contributed by atoms with Crippen molar-refractivity contribution in [1.82, 2.24) is 0 Å². The van der Waals surface area contributed by atoms with Gasteiger partial charge in [-0.05, 0) is 12.8 Å². The van der Waals surface area contributed by atoms with Crippen LogP contribution in [-0.2, 0) is 34.6 Å². The summed E-state index contributed by atoms with van der Waals surface area (Å²) in [5.74, 6) is 0. The molecule has 0 radical (unpaired) electrons. The third-order valence-corrected chi connectivity index (χ3v) is 4.12. The molecule has 136 valence electrons. The van der Waals surface area contributed by atoms with Crippen LogP contribution in [0.15, 0.2) is 98.1 Å². The first-order valence-corrected chi connectivity index (χ1v) is 8.30. The monoisotopic (exact) mass is 428 g/mol. The molecule has 0 saturated carbocycles. The molecule has 27 heavy (non-hydrogen) atoms. The molecule has 0 aromatic heterocycles. The fourth-order valence-electron chi connectivity index (χ4n) is 3.00. The predicted octanol–water partition coefficient (Wildman–Crippen LogP) is 0.580. The number of allylic oxidation sites excluding steroid dienone is 2. The van der Waals surface area contributed by atoms with E-state index in [-0.39, 0.29) is 46.5 Å². The van der Waals surface area contributed by atoms with E-state index < -0.39 is 0 Å². The van der Waals surface area contributed by atoms with Crippen molar-refractivity contribution in [3.63, 3.8) is 0 Å². The molecule has 0 aliphatic carbocycles. The van der Waals surface area contributed by atoms with E-state index >= 15 is 0 Å². The van der Waals surface area contributed by atoms with E-state index in [1.807, 2.05) is 12.2 Å². The van der Waals surface area contributed by atoms with E-state index in [1.54, 1.807) is 0 Å². The van der Waals surface area contributed by atoms with Gasteiger partial charge in [-0.3, -0.25) is 0 Å². The van der Waals surface area contributed by atoms with Gasteiger partial charge in [0.25, 0.3) is 0 Å². The van der Waals surface area contributed by atoms with Gasteiger partial charge in [0.15, 0.2) is 0 Å². The summed E-state index contributed by atoms with van der Waals surface area (Å²) in [6.07, 6.45) is 5.81. The van der Waals surface area contributed by atoms with Gasteiger partial charge in [-0.2, -0.15) is 12.1 Å². The van der Waals surface area contributed by atoms with Crippen LogP contribution in [0.4, 0.5) is 0 Å². The molecule has 0 saturated heterocycles. The van der Waals surface area contributed by atoms with Crippen molar-refractivity contribution in [1.29, 1.82) is 0 Å². The Bertz CT molecular complexity index is 817. The molecule has 4 aromatic rings. The van der Waals surface area contributed by atoms with E-state index in [2.05, 4.69) is 86.0 Å². The summed E-state index contributed by atoms with van der Waals surface area (Å²) in [6, 6.07) is 25.7. The Hall–Kier alpha value is -1.57. The third kappa shape index (κ3) is 6.83. The van der Waals surface area contributed by atoms with Gasteiger partial charge in [0.05, 0.1) is 0 Å². The minimum atomic E-state index is 0. The molecule has 0 aliphatic rings. The number of hydrogen-bond donors (Lipinski definition) is 0. The van der Waals surface area contributed by atoms with E-state index in [4.69, 9.17) is 0 Å². The molecule has 3 heteroatoms. The van der Waals surface area contributed by atoms with Crippen molar-refractivity contribution in [3.8, 4) is 0 Å². The van der Waals surface area contributed by atoms with Crippen LogP contribution in [0.1, 0.15) is 11.1 Å². The van der Waals surface area contributed by atoms with Crippen LogP contribution in [0.25, 0.3) is 21.5 Å². The van der Waals surface area contributed by atoms with Gasteiger partial charge in [0.2, 0.25) is 0 Å². The second-order valence-corrected chi connectivity index (χ2v) is 5.97. The number of benzene rings is 2. The first-order chi connectivity index (χ1) is 11.8. The Kier molecular flexibility index (Phi) is 12.0. The molecule has 4 rings (SSSR count). The number of fused-ring (bicyclic) bond motifs is 2. The van der Waals surface area contributed by atoms with Crippen LogP contribution < -0.4 is 24.8 Å². The maximum atomic E-state index is 3.73. The van der Waals surface area contributed by atoms with Crippen LogP contribution >= 0.6 is 0 Å². The van der Waals surface area contributed by atoms with E-state index in [1.165, 1.54) is 32.7 Å². The fraction of sp³-hybridized carbons (Fsp3) is 0.0833. The van der Waals surface area contributed by atoms with E-state index in [0.717, 1.165) is 12.8 Å². The first kappa shape index (κ1) is 25.4. The molecule has 0 spiro atoms. The molecular weight excluding hydrogens is 407 g/mol. The van der Waals surface area contributed by atoms with Gasteiger partial charge in [0, 0.05) is 0 Å². The molecule has 0 N–H and O–H groups in total. The zero-order valence-electron chi connectivity index (χ0n) is 15.2. The summed E-state index contributed by atoms with van der Waals surface area (Å²) in [5, 5.41) is 5.31. The fourth-order valence-corrected chi connectivity index (χ4v) is 3.00. The van der Waals surface area contributed by atoms with Crippen molar-refractivity contribution in [2.75, 3.05) is 0 Å². The maximum Gasteiger partial charge on any atom is 4.00 e. The average Bonchev–Trinajstić information content (AvgIpc) is 3.18. The van der Waals surface area contributed by atoms with Crippen LogP contribution in [0.3, 0.4) is 0 Å². The molecule has 4 aromatic carbocycles. The van der Waals surface area contributed by atoms with Crippen LogP contribution in [0.5, 0.6) is 0 Å². The second-order valence-electron chi connectivity index (χ2n) is 5.97. The molecule has 0 nitrogen and oxygen atoms in total. The number of hydrogen-bond acceptors (Lipinski definition) is 0. The normalized spacial score (nSPS) is 9.19. The SMILES string of the molecule is C=CCc1cc2ccccc2[cH-]1.C=CCc1cc2ccccc2[cH-]1.[Cl-].[Cl-].[Ti+4]. The topological polar surface area (TPSA) is 0 Å². The Morgan fingerprint density at radius 1 is 0.667 bits per heavy atom. The zero-order valence-corrected chi connectivity index (χ0v) is 18.2. The summed E-state index contributed by atoms with van der Waals surface area (Å²) in [6.45, 7) is 7.45. The molecule has 0 aliphatic heterocycles. The largest absolute Gasteiger partial charge is 4.00 e. The van der Waals surface area contributed by atoms with Gasteiger partial charge in [0.1, 0.15) is 0 Å². The van der Waals surface area contributed by atoms with Crippen LogP contribution in [0.2, 0.25) is 0 Å². The minimum Gasteiger partial charge on any atom is -1.00 e. The van der Waals surface area contributed by atoms with Gasteiger partial charge < -0.3 is 24.8 Å². The molecule has 0 unspecified atom stereocenters. The Morgan fingerprint density at radius 2 is 1.04 bits per heavy atom. The molecule has 0 heterocycles. The van der Waals surface area contributed by atoms with Crippen LogP contribution in [0, 0.1) is 0 Å². The molecule has 0 atom stereocenters. The van der Waals surface area contributed by atoms with Gasteiger partial charge in [-0.1, -0.05) is 24.3 Å². The number of rotatable bonds is 4. The summed E-state index contributed by atoms with van der Waals surface area (Å²) in [7, 11) is 0. The van der Waals surface area contributed by atoms with E-state index in [0.29, 0.717) is 0 Å². The van der Waals surface area contributed by atoms with Crippen molar-refractivity contribution in [2.45, 2.75) is 12.8 Å². The smallest absolute Gasteiger partial charge is 1.00 e. The number of halogens is 2. The van der Waals surface area contributed by atoms with Gasteiger partial charge >= 0.3 is 21.7 Å². The van der Waals surface area contributed by atoms with Crippen molar-refractivity contribution >= 4 is 21.5 Å². The zero-order chi connectivity index (χ0) is 16.8. The molecule has 0 bridgehead atoms. The van der Waals surface area contributed by atoms with Gasteiger partial charge in [-0.15, -0.1) is 94.4 Å². The van der Waals surface area contributed by atoms with E-state index in [9.17, 15) is 0 Å². The average molecular weight is 429 g/mol. The Labute approximate surface area is 189 Å². The summed E-state index contributed by atoms with van der Waals surface area (Å²) < 4.78 is 0. The van der Waals surface area contributed by atoms with Crippen molar-refractivity contribution < 1.29 is 46.5 Å². The molecule has 0 fully saturated rings.